The number of nitrogens with zero attached hydrogens (tertiary/aromatic N) is 1. The normalized spacial score (nSPS) is 19.8. The second kappa shape index (κ2) is 7.94. The average Bonchev–Trinajstić information content (AvgIpc) is 2.67. The van der Waals surface area contributed by atoms with Crippen LogP contribution in [0.5, 0.6) is 5.75 Å². The first-order valence-electron chi connectivity index (χ1n) is 8.58. The zero-order chi connectivity index (χ0) is 17.6. The molecule has 3 nitrogen and oxygen atoms in total. The minimum atomic E-state index is -0.508. The summed E-state index contributed by atoms with van der Waals surface area (Å²) in [5.41, 5.74) is 1.66. The fourth-order valence-electron chi connectivity index (χ4n) is 3.23. The Morgan fingerprint density at radius 1 is 1.08 bits per heavy atom. The van der Waals surface area contributed by atoms with Crippen LogP contribution < -0.4 is 4.74 Å². The predicted octanol–water partition coefficient (Wildman–Crippen LogP) is 4.75. The molecule has 1 saturated carbocycles. The fourth-order valence-corrected chi connectivity index (χ4v) is 3.23. The van der Waals surface area contributed by atoms with Crippen LogP contribution in [0.25, 0.3) is 11.1 Å². The van der Waals surface area contributed by atoms with E-state index in [-0.39, 0.29) is 11.5 Å². The molecule has 0 heterocycles. The molecular formula is C21H20FNO2. The minimum absolute atomic E-state index is 0.0491. The molecule has 1 aliphatic rings. The first kappa shape index (κ1) is 17.2. The van der Waals surface area contributed by atoms with E-state index in [9.17, 15) is 9.18 Å². The number of carbonyl (C=O) groups is 1. The van der Waals surface area contributed by atoms with Gasteiger partial charge in [-0.05, 0) is 67.0 Å². The number of ether oxygens (including phenoxy) is 1. The Labute approximate surface area is 147 Å². The summed E-state index contributed by atoms with van der Waals surface area (Å²) in [4.78, 5) is 10.8. The topological polar surface area (TPSA) is 50.1 Å². The van der Waals surface area contributed by atoms with Gasteiger partial charge in [0.05, 0.1) is 12.2 Å². The first-order chi connectivity index (χ1) is 12.2. The second-order valence-corrected chi connectivity index (χ2v) is 6.56. The van der Waals surface area contributed by atoms with Crippen LogP contribution in [-0.4, -0.2) is 12.9 Å². The van der Waals surface area contributed by atoms with Crippen molar-refractivity contribution in [2.75, 3.05) is 6.61 Å². The highest BCUT2D eigenvalue weighted by Crippen LogP contribution is 2.29. The summed E-state index contributed by atoms with van der Waals surface area (Å²) in [5.74, 6) is 1.01. The third-order valence-corrected chi connectivity index (χ3v) is 4.85. The van der Waals surface area contributed by atoms with E-state index >= 15 is 0 Å². The van der Waals surface area contributed by atoms with Crippen molar-refractivity contribution in [2.45, 2.75) is 25.7 Å². The number of halogens is 1. The van der Waals surface area contributed by atoms with E-state index in [0.29, 0.717) is 12.5 Å². The van der Waals surface area contributed by atoms with E-state index in [1.165, 1.54) is 12.1 Å². The highest BCUT2D eigenvalue weighted by Gasteiger charge is 2.21. The van der Waals surface area contributed by atoms with Gasteiger partial charge in [-0.1, -0.05) is 18.2 Å². The van der Waals surface area contributed by atoms with Crippen LogP contribution in [0.4, 0.5) is 4.39 Å². The molecule has 0 unspecified atom stereocenters. The highest BCUT2D eigenvalue weighted by atomic mass is 19.1. The maximum Gasteiger partial charge on any atom is 0.141 e. The summed E-state index contributed by atoms with van der Waals surface area (Å²) in [6.45, 7) is 0.663. The van der Waals surface area contributed by atoms with Crippen molar-refractivity contribution in [3.8, 4) is 22.9 Å². The number of hydrogen-bond acceptors (Lipinski definition) is 3. The fraction of sp³-hybridized carbons (Fsp3) is 0.333. The summed E-state index contributed by atoms with van der Waals surface area (Å²) < 4.78 is 19.6. The van der Waals surface area contributed by atoms with Gasteiger partial charge in [0.1, 0.15) is 23.9 Å². The molecule has 4 heteroatoms. The van der Waals surface area contributed by atoms with Crippen LogP contribution in [0, 0.1) is 29.0 Å². The van der Waals surface area contributed by atoms with Gasteiger partial charge >= 0.3 is 0 Å². The number of carbonyl (C=O) groups excluding carboxylic acids is 1. The van der Waals surface area contributed by atoms with E-state index < -0.39 is 5.82 Å². The summed E-state index contributed by atoms with van der Waals surface area (Å²) in [7, 11) is 0. The molecule has 1 aliphatic carbocycles. The lowest BCUT2D eigenvalue weighted by Gasteiger charge is -2.25. The molecule has 0 spiro atoms. The molecule has 0 amide bonds. The minimum Gasteiger partial charge on any atom is -0.493 e. The van der Waals surface area contributed by atoms with Crippen molar-refractivity contribution in [1.82, 2.24) is 0 Å². The van der Waals surface area contributed by atoms with Crippen LogP contribution in [0.3, 0.4) is 0 Å². The number of benzene rings is 2. The summed E-state index contributed by atoms with van der Waals surface area (Å²) >= 11 is 0. The number of nitriles is 1. The van der Waals surface area contributed by atoms with E-state index in [0.717, 1.165) is 48.8 Å². The molecule has 128 valence electrons. The van der Waals surface area contributed by atoms with E-state index in [2.05, 4.69) is 0 Å². The molecule has 2 aromatic carbocycles. The Kier molecular flexibility index (Phi) is 5.45. The zero-order valence-corrected chi connectivity index (χ0v) is 14.0. The number of aldehydes is 1. The Hall–Kier alpha value is -2.67. The van der Waals surface area contributed by atoms with Crippen molar-refractivity contribution in [3.63, 3.8) is 0 Å². The third-order valence-electron chi connectivity index (χ3n) is 4.85. The van der Waals surface area contributed by atoms with Crippen LogP contribution >= 0.6 is 0 Å². The molecule has 0 aromatic heterocycles. The summed E-state index contributed by atoms with van der Waals surface area (Å²) in [6, 6.07) is 14.0. The van der Waals surface area contributed by atoms with Crippen LogP contribution in [0.1, 0.15) is 31.2 Å². The molecule has 0 atom stereocenters. The SMILES string of the molecule is N#Cc1ccc(-c2ccc(OCC3CCC(C=O)CC3)cc2)cc1F. The molecule has 1 fully saturated rings. The van der Waals surface area contributed by atoms with Crippen LogP contribution in [0.15, 0.2) is 42.5 Å². The van der Waals surface area contributed by atoms with Crippen LogP contribution in [-0.2, 0) is 4.79 Å². The Morgan fingerprint density at radius 3 is 2.36 bits per heavy atom. The van der Waals surface area contributed by atoms with Gasteiger partial charge in [0.25, 0.3) is 0 Å². The van der Waals surface area contributed by atoms with Crippen molar-refractivity contribution in [1.29, 1.82) is 5.26 Å². The monoisotopic (exact) mass is 337 g/mol. The van der Waals surface area contributed by atoms with Gasteiger partial charge in [-0.25, -0.2) is 4.39 Å². The van der Waals surface area contributed by atoms with Gasteiger partial charge in [0.15, 0.2) is 0 Å². The molecule has 0 saturated heterocycles. The first-order valence-corrected chi connectivity index (χ1v) is 8.58. The lowest BCUT2D eigenvalue weighted by atomic mass is 9.83. The largest absolute Gasteiger partial charge is 0.493 e. The Balaban J connectivity index is 1.58. The average molecular weight is 337 g/mol. The molecule has 0 radical (unpaired) electrons. The van der Waals surface area contributed by atoms with Gasteiger partial charge in [0.2, 0.25) is 0 Å². The van der Waals surface area contributed by atoms with Gasteiger partial charge in [-0.3, -0.25) is 0 Å². The molecule has 2 aromatic rings. The lowest BCUT2D eigenvalue weighted by molar-refractivity contribution is -0.112. The van der Waals surface area contributed by atoms with Gasteiger partial charge in [0, 0.05) is 5.92 Å². The summed E-state index contributed by atoms with van der Waals surface area (Å²) in [5, 5.41) is 8.79. The van der Waals surface area contributed by atoms with E-state index in [1.54, 1.807) is 6.07 Å². The lowest BCUT2D eigenvalue weighted by Crippen LogP contribution is -2.20. The summed E-state index contributed by atoms with van der Waals surface area (Å²) in [6.07, 6.45) is 5.06. The van der Waals surface area contributed by atoms with Crippen LogP contribution in [0.2, 0.25) is 0 Å². The highest BCUT2D eigenvalue weighted by molar-refractivity contribution is 5.65. The molecular weight excluding hydrogens is 317 g/mol. The predicted molar refractivity (Wildman–Crippen MR) is 93.6 cm³/mol. The Bertz CT molecular complexity index is 771. The van der Waals surface area contributed by atoms with Crippen molar-refractivity contribution in [2.24, 2.45) is 11.8 Å². The van der Waals surface area contributed by atoms with Gasteiger partial charge < -0.3 is 9.53 Å². The Morgan fingerprint density at radius 2 is 1.76 bits per heavy atom. The molecule has 0 N–H and O–H groups in total. The number of rotatable bonds is 5. The van der Waals surface area contributed by atoms with Crippen molar-refractivity contribution >= 4 is 6.29 Å². The molecule has 25 heavy (non-hydrogen) atoms. The standard InChI is InChI=1S/C21H20FNO2/c22-21-11-18(5-6-19(21)12-23)17-7-9-20(10-8-17)25-14-16-3-1-15(13-24)2-4-16/h5-11,13,15-16H,1-4,14H2. The zero-order valence-electron chi connectivity index (χ0n) is 14.0. The molecule has 0 aliphatic heterocycles. The molecule has 3 rings (SSSR count). The van der Waals surface area contributed by atoms with Crippen molar-refractivity contribution < 1.29 is 13.9 Å². The van der Waals surface area contributed by atoms with Gasteiger partial charge in [-0.15, -0.1) is 0 Å². The maximum atomic E-state index is 13.7. The smallest absolute Gasteiger partial charge is 0.141 e. The van der Waals surface area contributed by atoms with Gasteiger partial charge in [-0.2, -0.15) is 5.26 Å². The van der Waals surface area contributed by atoms with E-state index in [1.807, 2.05) is 30.3 Å². The third kappa shape index (κ3) is 4.24. The van der Waals surface area contributed by atoms with Crippen molar-refractivity contribution in [3.05, 3.63) is 53.8 Å². The second-order valence-electron chi connectivity index (χ2n) is 6.56. The molecule has 0 bridgehead atoms. The maximum absolute atomic E-state index is 13.7. The number of hydrogen-bond donors (Lipinski definition) is 0. The quantitative estimate of drug-likeness (QED) is 0.740. The van der Waals surface area contributed by atoms with E-state index in [4.69, 9.17) is 10.00 Å².